The van der Waals surface area contributed by atoms with Crippen LogP contribution in [0.1, 0.15) is 44.0 Å². The third kappa shape index (κ3) is 6.71. The Balaban J connectivity index is 1.97. The number of nitrogens with one attached hydrogen (secondary N) is 2. The fourth-order valence-corrected chi connectivity index (χ4v) is 3.49. The van der Waals surface area contributed by atoms with Crippen molar-refractivity contribution in [3.05, 3.63) is 82.3 Å². The number of carbonyl (C=O) groups excluding carboxylic acids is 1. The quantitative estimate of drug-likeness (QED) is 0.406. The Morgan fingerprint density at radius 3 is 2.93 bits per heavy atom. The maximum atomic E-state index is 12.5. The number of rotatable bonds is 10. The Kier molecular flexibility index (Phi) is 9.04. The van der Waals surface area contributed by atoms with Crippen LogP contribution in [0.15, 0.2) is 65.7 Å². The van der Waals surface area contributed by atoms with Crippen molar-refractivity contribution in [1.29, 1.82) is 0 Å². The summed E-state index contributed by atoms with van der Waals surface area (Å²) in [6.45, 7) is 10.1. The first-order valence-electron chi connectivity index (χ1n) is 10.3. The van der Waals surface area contributed by atoms with Crippen molar-refractivity contribution in [2.45, 2.75) is 39.7 Å². The molecule has 0 aromatic carbocycles. The lowest BCUT2D eigenvalue weighted by molar-refractivity contribution is -0.120. The standard InChI is InChI=1S/C25H31N3O2/c1-5-9-23-22(17-26-24(23)6-2)15-25(29)27-16-20-10-7-8-11-21(13-12-20)18(3)14-19(4)28-30/h5-7,9-13,17-19,21,26H,2,14-16H2,1,3-4H3,(H,27,29). The zero-order chi connectivity index (χ0) is 21.9. The van der Waals surface area contributed by atoms with E-state index in [0.717, 1.165) is 28.8 Å². The maximum absolute atomic E-state index is 12.5. The molecule has 0 fully saturated rings. The monoisotopic (exact) mass is 405 g/mol. The molecule has 1 aromatic rings. The predicted molar refractivity (Wildman–Crippen MR) is 125 cm³/mol. The highest BCUT2D eigenvalue weighted by molar-refractivity contribution is 5.81. The van der Waals surface area contributed by atoms with Gasteiger partial charge in [0.15, 0.2) is 0 Å². The summed E-state index contributed by atoms with van der Waals surface area (Å²) in [5.41, 5.74) is 7.03. The molecule has 1 aliphatic rings. The number of hydrogen-bond acceptors (Lipinski definition) is 3. The Morgan fingerprint density at radius 2 is 2.23 bits per heavy atom. The summed E-state index contributed by atoms with van der Waals surface area (Å²) in [4.78, 5) is 26.3. The summed E-state index contributed by atoms with van der Waals surface area (Å²) in [5.74, 6) is 0.411. The van der Waals surface area contributed by atoms with Gasteiger partial charge in [-0.15, -0.1) is 5.73 Å². The molecular weight excluding hydrogens is 374 g/mol. The van der Waals surface area contributed by atoms with Crippen LogP contribution in [0.4, 0.5) is 0 Å². The van der Waals surface area contributed by atoms with Crippen LogP contribution in [0.2, 0.25) is 0 Å². The van der Waals surface area contributed by atoms with Crippen molar-refractivity contribution in [2.75, 3.05) is 6.54 Å². The molecule has 2 rings (SSSR count). The van der Waals surface area contributed by atoms with Gasteiger partial charge in [-0.3, -0.25) is 4.79 Å². The van der Waals surface area contributed by atoms with E-state index in [0.29, 0.717) is 13.0 Å². The number of aromatic amines is 1. The number of carbonyl (C=O) groups is 1. The zero-order valence-corrected chi connectivity index (χ0v) is 18.0. The van der Waals surface area contributed by atoms with E-state index >= 15 is 0 Å². The summed E-state index contributed by atoms with van der Waals surface area (Å²) in [6, 6.07) is -0.201. The molecule has 3 unspecified atom stereocenters. The van der Waals surface area contributed by atoms with Crippen LogP contribution >= 0.6 is 0 Å². The smallest absolute Gasteiger partial charge is 0.224 e. The van der Waals surface area contributed by atoms with Crippen molar-refractivity contribution in [3.8, 4) is 0 Å². The number of H-pyrrole nitrogens is 1. The topological polar surface area (TPSA) is 74.3 Å². The largest absolute Gasteiger partial charge is 0.361 e. The van der Waals surface area contributed by atoms with Gasteiger partial charge in [-0.25, -0.2) is 0 Å². The normalized spacial score (nSPS) is 17.8. The van der Waals surface area contributed by atoms with E-state index in [2.05, 4.69) is 40.8 Å². The van der Waals surface area contributed by atoms with E-state index in [9.17, 15) is 9.70 Å². The molecule has 2 N–H and O–H groups in total. The molecule has 1 amide bonds. The third-order valence-corrected chi connectivity index (χ3v) is 5.18. The SMILES string of the molecule is C=Cc1[nH]cc(CC(=O)NCC2=CC=C=CC(C(C)CC(C)N=O)C=C2)c1C=CC. The maximum Gasteiger partial charge on any atom is 0.224 e. The second-order valence-corrected chi connectivity index (χ2v) is 7.64. The van der Waals surface area contributed by atoms with E-state index in [4.69, 9.17) is 0 Å². The second kappa shape index (κ2) is 11.7. The summed E-state index contributed by atoms with van der Waals surface area (Å²) in [7, 11) is 0. The predicted octanol–water partition coefficient (Wildman–Crippen LogP) is 5.35. The zero-order valence-electron chi connectivity index (χ0n) is 18.0. The van der Waals surface area contributed by atoms with E-state index in [1.165, 1.54) is 0 Å². The number of hydrogen-bond donors (Lipinski definition) is 2. The molecule has 1 aromatic heterocycles. The molecule has 0 saturated carbocycles. The van der Waals surface area contributed by atoms with Crippen molar-refractivity contribution in [2.24, 2.45) is 17.0 Å². The van der Waals surface area contributed by atoms with Crippen LogP contribution in [-0.2, 0) is 11.2 Å². The highest BCUT2D eigenvalue weighted by Gasteiger charge is 2.16. The van der Waals surface area contributed by atoms with E-state index in [1.807, 2.05) is 56.5 Å². The lowest BCUT2D eigenvalue weighted by atomic mass is 9.87. The van der Waals surface area contributed by atoms with E-state index in [-0.39, 0.29) is 23.8 Å². The molecule has 30 heavy (non-hydrogen) atoms. The fraction of sp³-hybridized carbons (Fsp3) is 0.360. The summed E-state index contributed by atoms with van der Waals surface area (Å²) >= 11 is 0. The Morgan fingerprint density at radius 1 is 1.43 bits per heavy atom. The molecule has 0 bridgehead atoms. The molecule has 0 saturated heterocycles. The summed E-state index contributed by atoms with van der Waals surface area (Å²) in [6.07, 6.45) is 18.5. The van der Waals surface area contributed by atoms with Gasteiger partial charge in [-0.2, -0.15) is 4.91 Å². The first-order valence-corrected chi connectivity index (χ1v) is 10.3. The molecule has 5 heteroatoms. The number of aromatic nitrogens is 1. The molecule has 1 heterocycles. The van der Waals surface area contributed by atoms with E-state index in [1.54, 1.807) is 6.08 Å². The number of nitroso groups, excluding NO2 is 1. The summed E-state index contributed by atoms with van der Waals surface area (Å²) < 4.78 is 0. The molecule has 5 nitrogen and oxygen atoms in total. The van der Waals surface area contributed by atoms with Gasteiger partial charge in [0.2, 0.25) is 5.91 Å². The molecule has 3 atom stereocenters. The van der Waals surface area contributed by atoms with Crippen molar-refractivity contribution < 1.29 is 4.79 Å². The van der Waals surface area contributed by atoms with Gasteiger partial charge >= 0.3 is 0 Å². The van der Waals surface area contributed by atoms with Crippen LogP contribution in [-0.4, -0.2) is 23.5 Å². The minimum atomic E-state index is -0.201. The van der Waals surface area contributed by atoms with Crippen LogP contribution < -0.4 is 5.32 Å². The average molecular weight is 406 g/mol. The molecule has 0 radical (unpaired) electrons. The first-order chi connectivity index (χ1) is 14.5. The Bertz CT molecular complexity index is 911. The molecular formula is C25H31N3O2. The fourth-order valence-electron chi connectivity index (χ4n) is 3.49. The van der Waals surface area contributed by atoms with E-state index < -0.39 is 0 Å². The minimum absolute atomic E-state index is 0.0398. The lowest BCUT2D eigenvalue weighted by Crippen LogP contribution is -2.27. The lowest BCUT2D eigenvalue weighted by Gasteiger charge is -2.18. The highest BCUT2D eigenvalue weighted by Crippen LogP contribution is 2.22. The van der Waals surface area contributed by atoms with Gasteiger partial charge in [0, 0.05) is 29.9 Å². The number of amides is 1. The van der Waals surface area contributed by atoms with Crippen LogP contribution in [0.3, 0.4) is 0 Å². The Labute approximate surface area is 179 Å². The average Bonchev–Trinajstić information content (AvgIpc) is 3.08. The van der Waals surface area contributed by atoms with Gasteiger partial charge in [0.1, 0.15) is 0 Å². The van der Waals surface area contributed by atoms with Crippen LogP contribution in [0, 0.1) is 16.7 Å². The Hall–Kier alpha value is -3.17. The van der Waals surface area contributed by atoms with Gasteiger partial charge in [-0.05, 0) is 61.6 Å². The van der Waals surface area contributed by atoms with Crippen molar-refractivity contribution in [3.63, 3.8) is 0 Å². The van der Waals surface area contributed by atoms with Crippen molar-refractivity contribution >= 4 is 18.1 Å². The number of nitrogens with zero attached hydrogens (tertiary/aromatic N) is 1. The summed E-state index contributed by atoms with van der Waals surface area (Å²) in [5, 5.41) is 6.10. The first kappa shape index (κ1) is 23.1. The third-order valence-electron chi connectivity index (χ3n) is 5.18. The molecule has 0 spiro atoms. The van der Waals surface area contributed by atoms with Gasteiger partial charge in [-0.1, -0.05) is 43.0 Å². The number of allylic oxidation sites excluding steroid dienone is 4. The molecule has 0 aliphatic heterocycles. The van der Waals surface area contributed by atoms with Gasteiger partial charge in [0.05, 0.1) is 12.5 Å². The van der Waals surface area contributed by atoms with Crippen molar-refractivity contribution in [1.82, 2.24) is 10.3 Å². The van der Waals surface area contributed by atoms with Gasteiger partial charge < -0.3 is 10.3 Å². The molecule has 158 valence electrons. The minimum Gasteiger partial charge on any atom is -0.361 e. The van der Waals surface area contributed by atoms with Gasteiger partial charge in [0.25, 0.3) is 0 Å². The van der Waals surface area contributed by atoms with Crippen LogP contribution in [0.5, 0.6) is 0 Å². The second-order valence-electron chi connectivity index (χ2n) is 7.64. The highest BCUT2D eigenvalue weighted by atomic mass is 16.3. The molecule has 1 aliphatic carbocycles. The van der Waals surface area contributed by atoms with Crippen LogP contribution in [0.25, 0.3) is 12.2 Å².